The summed E-state index contributed by atoms with van der Waals surface area (Å²) in [6, 6.07) is -0.872. The zero-order valence-electron chi connectivity index (χ0n) is 39.4. The third-order valence-electron chi connectivity index (χ3n) is 10.4. The zero-order valence-corrected chi connectivity index (χ0v) is 40.3. The van der Waals surface area contributed by atoms with Crippen LogP contribution in [0.1, 0.15) is 194 Å². The van der Waals surface area contributed by atoms with E-state index in [-0.39, 0.29) is 19.1 Å². The molecule has 0 radical (unpaired) electrons. The van der Waals surface area contributed by atoms with Crippen molar-refractivity contribution in [3.05, 3.63) is 72.9 Å². The Kier molecular flexibility index (Phi) is 40.8. The van der Waals surface area contributed by atoms with Crippen molar-refractivity contribution in [2.24, 2.45) is 0 Å². The zero-order chi connectivity index (χ0) is 44.3. The van der Waals surface area contributed by atoms with E-state index in [2.05, 4.69) is 79.9 Å². The fourth-order valence-corrected chi connectivity index (χ4v) is 7.23. The molecule has 0 aromatic carbocycles. The van der Waals surface area contributed by atoms with Gasteiger partial charge in [0, 0.05) is 6.42 Å². The number of aliphatic hydroxyl groups excluding tert-OH is 1. The number of carbonyl (C=O) groups is 1. The van der Waals surface area contributed by atoms with E-state index >= 15 is 0 Å². The molecule has 0 aliphatic rings. The van der Waals surface area contributed by atoms with Gasteiger partial charge < -0.3 is 19.8 Å². The molecule has 0 bridgehead atoms. The van der Waals surface area contributed by atoms with E-state index in [1.165, 1.54) is 109 Å². The lowest BCUT2D eigenvalue weighted by molar-refractivity contribution is -0.870. The summed E-state index contributed by atoms with van der Waals surface area (Å²) in [5.41, 5.74) is 0. The number of phosphoric acid groups is 1. The monoisotopic (exact) mass is 862 g/mol. The van der Waals surface area contributed by atoms with Crippen LogP contribution in [0.2, 0.25) is 0 Å². The Labute approximate surface area is 370 Å². The van der Waals surface area contributed by atoms with Crippen LogP contribution in [0.15, 0.2) is 72.9 Å². The number of unbranched alkanes of at least 4 members (excludes halogenated alkanes) is 20. The van der Waals surface area contributed by atoms with E-state index in [1.807, 2.05) is 27.2 Å². The molecule has 3 atom stereocenters. The Hall–Kier alpha value is -2.06. The predicted molar refractivity (Wildman–Crippen MR) is 258 cm³/mol. The second-order valence-corrected chi connectivity index (χ2v) is 18.9. The fraction of sp³-hybridized carbons (Fsp3) is 0.745. The van der Waals surface area contributed by atoms with E-state index in [0.717, 1.165) is 64.2 Å². The van der Waals surface area contributed by atoms with Crippen LogP contribution in [0.4, 0.5) is 0 Å². The molecule has 0 aromatic rings. The van der Waals surface area contributed by atoms with Crippen molar-refractivity contribution >= 4 is 13.7 Å². The Balaban J connectivity index is 4.21. The highest BCUT2D eigenvalue weighted by Crippen LogP contribution is 2.43. The van der Waals surface area contributed by atoms with Gasteiger partial charge >= 0.3 is 7.82 Å². The molecular formula is C51H94N2O6P+. The van der Waals surface area contributed by atoms with Gasteiger partial charge in [0.1, 0.15) is 13.2 Å². The number of allylic oxidation sites excluding steroid dienone is 11. The number of nitrogens with one attached hydrogen (secondary N) is 1. The van der Waals surface area contributed by atoms with Gasteiger partial charge in [0.05, 0.1) is 39.9 Å². The number of aliphatic hydroxyl groups is 1. The SMILES string of the molecule is CCC/C=C/CC/C=C/CC/C=C/C(O)C(COP(=O)(O)OCC[N+](C)(C)C)NC(=O)CCCCCCCCCCCCCC/C=C\C/C=C\C/C=C\CCCCCCC. The summed E-state index contributed by atoms with van der Waals surface area (Å²) in [5, 5.41) is 13.8. The molecule has 0 spiro atoms. The van der Waals surface area contributed by atoms with Crippen LogP contribution < -0.4 is 5.32 Å². The van der Waals surface area contributed by atoms with Crippen LogP contribution in [0.3, 0.4) is 0 Å². The largest absolute Gasteiger partial charge is 0.472 e. The average Bonchev–Trinajstić information content (AvgIpc) is 3.20. The number of amides is 1. The van der Waals surface area contributed by atoms with Gasteiger partial charge in [-0.05, 0) is 77.0 Å². The van der Waals surface area contributed by atoms with Crippen molar-refractivity contribution < 1.29 is 32.9 Å². The van der Waals surface area contributed by atoms with Gasteiger partial charge in [-0.25, -0.2) is 4.57 Å². The van der Waals surface area contributed by atoms with Crippen molar-refractivity contribution in [2.75, 3.05) is 40.9 Å². The van der Waals surface area contributed by atoms with Crippen molar-refractivity contribution in [1.82, 2.24) is 5.32 Å². The maximum Gasteiger partial charge on any atom is 0.472 e. The molecular weight excluding hydrogens is 768 g/mol. The lowest BCUT2D eigenvalue weighted by atomic mass is 10.0. The lowest BCUT2D eigenvalue weighted by Gasteiger charge is -2.25. The highest BCUT2D eigenvalue weighted by Gasteiger charge is 2.27. The Morgan fingerprint density at radius 1 is 0.567 bits per heavy atom. The molecule has 0 fully saturated rings. The number of likely N-dealkylation sites (N-methyl/N-ethyl adjacent to an activating group) is 1. The molecule has 3 N–H and O–H groups in total. The van der Waals surface area contributed by atoms with Crippen molar-refractivity contribution in [2.45, 2.75) is 206 Å². The number of quaternary nitrogens is 1. The molecule has 0 aliphatic heterocycles. The first-order chi connectivity index (χ1) is 29.0. The fourth-order valence-electron chi connectivity index (χ4n) is 6.50. The van der Waals surface area contributed by atoms with Gasteiger partial charge in [0.2, 0.25) is 5.91 Å². The highest BCUT2D eigenvalue weighted by atomic mass is 31.2. The summed E-state index contributed by atoms with van der Waals surface area (Å²) in [7, 11) is 1.53. The summed E-state index contributed by atoms with van der Waals surface area (Å²) >= 11 is 0. The van der Waals surface area contributed by atoms with Gasteiger partial charge in [0.15, 0.2) is 0 Å². The van der Waals surface area contributed by atoms with Gasteiger partial charge in [-0.15, -0.1) is 0 Å². The average molecular weight is 862 g/mol. The maximum absolute atomic E-state index is 12.9. The standard InChI is InChI=1S/C51H93N2O6P/c1-6-8-10-12-14-16-18-19-20-21-22-23-24-25-26-27-28-29-30-31-32-33-35-37-39-41-43-45-51(55)52-49(48-59-60(56,57)58-47-46-53(3,4)5)50(54)44-42-40-38-36-34-17-15-13-11-9-7-2/h11,13,18-19,21-22,24-25,34,36,42,44,49-50,54H,6-10,12,14-17,20,23,26-33,35,37-41,43,45-48H2,1-5H3,(H-,52,55,56,57)/p+1/b13-11+,19-18-,22-21-,25-24-,36-34+,44-42+. The number of hydrogen-bond acceptors (Lipinski definition) is 5. The van der Waals surface area contributed by atoms with Gasteiger partial charge in [-0.3, -0.25) is 13.8 Å². The molecule has 9 heteroatoms. The van der Waals surface area contributed by atoms with Crippen LogP contribution in [0, 0.1) is 0 Å². The quantitative estimate of drug-likeness (QED) is 0.0244. The normalized spacial score (nSPS) is 14.8. The van der Waals surface area contributed by atoms with Crippen LogP contribution >= 0.6 is 7.82 Å². The molecule has 0 rings (SSSR count). The Bertz CT molecular complexity index is 1200. The Morgan fingerprint density at radius 2 is 1.00 bits per heavy atom. The lowest BCUT2D eigenvalue weighted by Crippen LogP contribution is -2.45. The summed E-state index contributed by atoms with van der Waals surface area (Å²) in [4.78, 5) is 23.1. The van der Waals surface area contributed by atoms with Crippen molar-refractivity contribution in [3.63, 3.8) is 0 Å². The number of nitrogens with zero attached hydrogens (tertiary/aromatic N) is 1. The topological polar surface area (TPSA) is 105 Å². The maximum atomic E-state index is 12.9. The number of rotatable bonds is 43. The second-order valence-electron chi connectivity index (χ2n) is 17.5. The van der Waals surface area contributed by atoms with Gasteiger partial charge in [-0.2, -0.15) is 0 Å². The molecule has 3 unspecified atom stereocenters. The molecule has 0 aromatic heterocycles. The van der Waals surface area contributed by atoms with Crippen LogP contribution in [-0.4, -0.2) is 73.4 Å². The van der Waals surface area contributed by atoms with E-state index < -0.39 is 20.0 Å². The summed E-state index contributed by atoms with van der Waals surface area (Å²) in [5.74, 6) is -0.198. The molecule has 0 aliphatic carbocycles. The molecule has 1 amide bonds. The third kappa shape index (κ3) is 44.0. The summed E-state index contributed by atoms with van der Waals surface area (Å²) < 4.78 is 23.5. The smallest absolute Gasteiger partial charge is 0.387 e. The first-order valence-corrected chi connectivity index (χ1v) is 25.8. The minimum atomic E-state index is -4.35. The number of phosphoric ester groups is 1. The minimum Gasteiger partial charge on any atom is -0.387 e. The first-order valence-electron chi connectivity index (χ1n) is 24.3. The number of carbonyl (C=O) groups excluding carboxylic acids is 1. The second kappa shape index (κ2) is 42.3. The highest BCUT2D eigenvalue weighted by molar-refractivity contribution is 7.47. The minimum absolute atomic E-state index is 0.0501. The van der Waals surface area contributed by atoms with Crippen LogP contribution in [0.5, 0.6) is 0 Å². The number of hydrogen-bond donors (Lipinski definition) is 3. The van der Waals surface area contributed by atoms with E-state index in [0.29, 0.717) is 17.4 Å². The van der Waals surface area contributed by atoms with Gasteiger partial charge in [0.25, 0.3) is 0 Å². The molecule has 8 nitrogen and oxygen atoms in total. The van der Waals surface area contributed by atoms with Crippen molar-refractivity contribution in [1.29, 1.82) is 0 Å². The predicted octanol–water partition coefficient (Wildman–Crippen LogP) is 14.0. The summed E-state index contributed by atoms with van der Waals surface area (Å²) in [6.07, 6.45) is 57.1. The third-order valence-corrected chi connectivity index (χ3v) is 11.3. The van der Waals surface area contributed by atoms with Crippen LogP contribution in [0.25, 0.3) is 0 Å². The van der Waals surface area contributed by atoms with E-state index in [4.69, 9.17) is 9.05 Å². The molecule has 0 saturated heterocycles. The Morgan fingerprint density at radius 3 is 1.50 bits per heavy atom. The molecule has 0 saturated carbocycles. The summed E-state index contributed by atoms with van der Waals surface area (Å²) in [6.45, 7) is 4.68. The van der Waals surface area contributed by atoms with Crippen molar-refractivity contribution in [3.8, 4) is 0 Å². The molecule has 0 heterocycles. The van der Waals surface area contributed by atoms with Crippen LogP contribution in [-0.2, 0) is 18.4 Å². The first kappa shape index (κ1) is 57.9. The molecule has 60 heavy (non-hydrogen) atoms. The van der Waals surface area contributed by atoms with Gasteiger partial charge in [-0.1, -0.05) is 183 Å². The molecule has 348 valence electrons. The van der Waals surface area contributed by atoms with E-state index in [9.17, 15) is 19.4 Å². The van der Waals surface area contributed by atoms with E-state index in [1.54, 1.807) is 6.08 Å².